The van der Waals surface area contributed by atoms with Crippen LogP contribution in [0.2, 0.25) is 5.02 Å². The molecule has 6 rings (SSSR count). The van der Waals surface area contributed by atoms with Crippen LogP contribution in [0, 0.1) is 11.8 Å². The van der Waals surface area contributed by atoms with E-state index in [0.717, 1.165) is 61.0 Å². The van der Waals surface area contributed by atoms with Crippen molar-refractivity contribution in [3.8, 4) is 0 Å². The molecule has 1 N–H and O–H groups in total. The van der Waals surface area contributed by atoms with Gasteiger partial charge in [0.05, 0.1) is 12.2 Å². The summed E-state index contributed by atoms with van der Waals surface area (Å²) in [6.07, 6.45) is 4.98. The number of thioether (sulfide) groups is 1. The van der Waals surface area contributed by atoms with Crippen LogP contribution in [0.4, 0.5) is 5.69 Å². The molecule has 3 aromatic carbocycles. The van der Waals surface area contributed by atoms with Gasteiger partial charge >= 0.3 is 0 Å². The summed E-state index contributed by atoms with van der Waals surface area (Å²) in [7, 11) is 0. The molecule has 1 atom stereocenters. The summed E-state index contributed by atoms with van der Waals surface area (Å²) in [6.45, 7) is 3.96. The Bertz CT molecular complexity index is 1450. The number of fused-ring (bicyclic) bond motifs is 3. The zero-order valence-electron chi connectivity index (χ0n) is 23.9. The van der Waals surface area contributed by atoms with Crippen LogP contribution in [0.25, 0.3) is 5.57 Å². The van der Waals surface area contributed by atoms with Crippen LogP contribution in [0.5, 0.6) is 0 Å². The summed E-state index contributed by atoms with van der Waals surface area (Å²) in [5.74, 6) is 1.92. The molecule has 1 saturated heterocycles. The Morgan fingerprint density at radius 1 is 0.976 bits per heavy atom. The molecule has 3 aliphatic heterocycles. The van der Waals surface area contributed by atoms with Crippen molar-refractivity contribution in [3.05, 3.63) is 105 Å². The predicted octanol–water partition coefficient (Wildman–Crippen LogP) is 7.06. The number of piperidine rings is 1. The van der Waals surface area contributed by atoms with E-state index in [-0.39, 0.29) is 17.7 Å². The van der Waals surface area contributed by atoms with Gasteiger partial charge in [0.2, 0.25) is 5.91 Å². The van der Waals surface area contributed by atoms with Crippen LogP contribution in [0.3, 0.4) is 0 Å². The predicted molar refractivity (Wildman–Crippen MR) is 174 cm³/mol. The molecular formula is C35H38ClN3O2S. The minimum atomic E-state index is -0.102. The van der Waals surface area contributed by atoms with Gasteiger partial charge in [-0.05, 0) is 96.7 Å². The molecule has 5 nitrogen and oxygen atoms in total. The number of anilines is 1. The van der Waals surface area contributed by atoms with Gasteiger partial charge in [0.15, 0.2) is 0 Å². The number of hydrogen-bond donors (Lipinski definition) is 1. The number of carbonyl (C=O) groups is 2. The van der Waals surface area contributed by atoms with E-state index < -0.39 is 0 Å². The van der Waals surface area contributed by atoms with Gasteiger partial charge in [-0.1, -0.05) is 66.2 Å². The lowest BCUT2D eigenvalue weighted by Crippen LogP contribution is -2.40. The zero-order valence-corrected chi connectivity index (χ0v) is 25.5. The fourth-order valence-corrected chi connectivity index (χ4v) is 7.70. The Morgan fingerprint density at radius 2 is 1.76 bits per heavy atom. The highest BCUT2D eigenvalue weighted by Gasteiger charge is 2.33. The molecule has 0 unspecified atom stereocenters. The third-order valence-electron chi connectivity index (χ3n) is 8.89. The van der Waals surface area contributed by atoms with Crippen LogP contribution < -0.4 is 10.2 Å². The van der Waals surface area contributed by atoms with Crippen LogP contribution in [0.1, 0.15) is 52.7 Å². The number of rotatable bonds is 8. The summed E-state index contributed by atoms with van der Waals surface area (Å²) in [5, 5.41) is 5.99. The molecular weight excluding hydrogens is 562 g/mol. The number of halogens is 1. The quantitative estimate of drug-likeness (QED) is 0.301. The number of amides is 2. The third-order valence-corrected chi connectivity index (χ3v) is 10.2. The fraction of sp³-hybridized carbons (Fsp3) is 0.371. The third kappa shape index (κ3) is 6.77. The molecule has 0 aliphatic carbocycles. The second kappa shape index (κ2) is 13.5. The Hall–Kier alpha value is -3.06. The number of nitrogens with one attached hydrogen (secondary N) is 1. The van der Waals surface area contributed by atoms with Crippen LogP contribution in [0.15, 0.2) is 78.2 Å². The van der Waals surface area contributed by atoms with E-state index in [9.17, 15) is 9.59 Å². The maximum absolute atomic E-state index is 13.6. The first-order valence-corrected chi connectivity index (χ1v) is 16.5. The smallest absolute Gasteiger partial charge is 0.251 e. The van der Waals surface area contributed by atoms with E-state index in [0.29, 0.717) is 30.1 Å². The number of hydrogen-bond acceptors (Lipinski definition) is 4. The fourth-order valence-electron chi connectivity index (χ4n) is 6.46. The van der Waals surface area contributed by atoms with Gasteiger partial charge in [0.25, 0.3) is 5.91 Å². The normalized spacial score (nSPS) is 19.5. The molecule has 218 valence electrons. The van der Waals surface area contributed by atoms with E-state index in [2.05, 4.69) is 46.0 Å². The first-order valence-electron chi connectivity index (χ1n) is 15.1. The highest BCUT2D eigenvalue weighted by atomic mass is 35.5. The molecule has 0 aromatic heterocycles. The van der Waals surface area contributed by atoms with Gasteiger partial charge in [-0.25, -0.2) is 0 Å². The van der Waals surface area contributed by atoms with Gasteiger partial charge in [-0.15, -0.1) is 11.8 Å². The van der Waals surface area contributed by atoms with E-state index in [1.807, 2.05) is 47.4 Å². The standard InChI is InChI=1S/C35H38ClN3O2S/c36-32-9-5-4-8-29(32)23-39-33-21-28(10-11-30(33)31-24-42-19-14-27(31)22-34(39)40)35(41)37-15-18-38-16-12-26(13-17-38)20-25-6-2-1-3-7-25/h1-11,21,24,26-27H,12-20,22-23H2,(H,37,41)/t27-/m0/s1. The van der Waals surface area contributed by atoms with Crippen LogP contribution in [-0.4, -0.2) is 48.6 Å². The molecule has 3 aromatic rings. The molecule has 42 heavy (non-hydrogen) atoms. The zero-order chi connectivity index (χ0) is 28.9. The van der Waals surface area contributed by atoms with Crippen LogP contribution in [-0.2, 0) is 17.8 Å². The lowest BCUT2D eigenvalue weighted by atomic mass is 9.89. The first kappa shape index (κ1) is 29.0. The van der Waals surface area contributed by atoms with E-state index in [1.54, 1.807) is 11.8 Å². The lowest BCUT2D eigenvalue weighted by Gasteiger charge is -2.32. The molecule has 7 heteroatoms. The topological polar surface area (TPSA) is 52.7 Å². The highest BCUT2D eigenvalue weighted by Crippen LogP contribution is 2.44. The van der Waals surface area contributed by atoms with Crippen molar-refractivity contribution in [1.82, 2.24) is 10.2 Å². The summed E-state index contributed by atoms with van der Waals surface area (Å²) in [6, 6.07) is 24.3. The average molecular weight is 600 g/mol. The Labute approximate surface area is 258 Å². The lowest BCUT2D eigenvalue weighted by molar-refractivity contribution is -0.119. The van der Waals surface area contributed by atoms with E-state index in [1.165, 1.54) is 24.0 Å². The second-order valence-electron chi connectivity index (χ2n) is 11.7. The molecule has 0 radical (unpaired) electrons. The molecule has 3 heterocycles. The summed E-state index contributed by atoms with van der Waals surface area (Å²) in [5.41, 5.74) is 5.94. The van der Waals surface area contributed by atoms with Crippen molar-refractivity contribution in [1.29, 1.82) is 0 Å². The number of benzene rings is 3. The van der Waals surface area contributed by atoms with Gasteiger partial charge in [-0.3, -0.25) is 9.59 Å². The minimum absolute atomic E-state index is 0.0738. The van der Waals surface area contributed by atoms with Crippen molar-refractivity contribution < 1.29 is 9.59 Å². The average Bonchev–Trinajstić information content (AvgIpc) is 3.13. The molecule has 0 bridgehead atoms. The van der Waals surface area contributed by atoms with Gasteiger partial charge in [0.1, 0.15) is 0 Å². The minimum Gasteiger partial charge on any atom is -0.351 e. The molecule has 0 saturated carbocycles. The van der Waals surface area contributed by atoms with E-state index >= 15 is 0 Å². The van der Waals surface area contributed by atoms with Crippen LogP contribution >= 0.6 is 23.4 Å². The van der Waals surface area contributed by atoms with Crippen molar-refractivity contribution in [2.24, 2.45) is 11.8 Å². The molecule has 3 aliphatic rings. The van der Waals surface area contributed by atoms with Crippen molar-refractivity contribution in [2.75, 3.05) is 36.8 Å². The number of likely N-dealkylation sites (tertiary alicyclic amines) is 1. The number of carbonyl (C=O) groups excluding carboxylic acids is 2. The highest BCUT2D eigenvalue weighted by molar-refractivity contribution is 8.02. The molecule has 1 fully saturated rings. The maximum atomic E-state index is 13.6. The van der Waals surface area contributed by atoms with Gasteiger partial charge in [0, 0.05) is 35.7 Å². The van der Waals surface area contributed by atoms with Crippen molar-refractivity contribution in [3.63, 3.8) is 0 Å². The Morgan fingerprint density at radius 3 is 2.57 bits per heavy atom. The summed E-state index contributed by atoms with van der Waals surface area (Å²) < 4.78 is 0. The Balaban J connectivity index is 1.12. The monoisotopic (exact) mass is 599 g/mol. The van der Waals surface area contributed by atoms with Crippen molar-refractivity contribution in [2.45, 2.75) is 38.6 Å². The summed E-state index contributed by atoms with van der Waals surface area (Å²) in [4.78, 5) is 31.3. The molecule has 0 spiro atoms. The molecule has 2 amide bonds. The van der Waals surface area contributed by atoms with Gasteiger partial charge in [-0.2, -0.15) is 0 Å². The Kier molecular flexibility index (Phi) is 9.33. The first-order chi connectivity index (χ1) is 20.5. The number of allylic oxidation sites excluding steroid dienone is 1. The maximum Gasteiger partial charge on any atom is 0.251 e. The summed E-state index contributed by atoms with van der Waals surface area (Å²) >= 11 is 8.31. The number of nitrogens with zero attached hydrogens (tertiary/aromatic N) is 2. The largest absolute Gasteiger partial charge is 0.351 e. The second-order valence-corrected chi connectivity index (χ2v) is 13.1. The van der Waals surface area contributed by atoms with Gasteiger partial charge < -0.3 is 15.1 Å². The SMILES string of the molecule is O=C(NCCN1CCC(Cc2ccccc2)CC1)c1ccc2c(c1)N(Cc1ccccc1Cl)C(=O)C[C@@H]1CCSC=C21. The van der Waals surface area contributed by atoms with E-state index in [4.69, 9.17) is 11.6 Å². The van der Waals surface area contributed by atoms with Crippen molar-refractivity contribution >= 4 is 46.4 Å².